The van der Waals surface area contributed by atoms with Crippen molar-refractivity contribution in [3.05, 3.63) is 70.3 Å². The maximum Gasteiger partial charge on any atom is 0.264 e. The van der Waals surface area contributed by atoms with Gasteiger partial charge in [-0.25, -0.2) is 13.1 Å². The van der Waals surface area contributed by atoms with E-state index >= 15 is 0 Å². The van der Waals surface area contributed by atoms with Crippen LogP contribution in [0.2, 0.25) is 5.02 Å². The van der Waals surface area contributed by atoms with Crippen LogP contribution in [-0.4, -0.2) is 68.1 Å². The number of anilines is 1. The maximum atomic E-state index is 13.6. The van der Waals surface area contributed by atoms with Crippen molar-refractivity contribution in [1.29, 1.82) is 0 Å². The van der Waals surface area contributed by atoms with Crippen molar-refractivity contribution >= 4 is 56.7 Å². The normalized spacial score (nSPS) is 32.9. The monoisotopic (exact) mass is 730 g/mol. The van der Waals surface area contributed by atoms with Gasteiger partial charge >= 0.3 is 0 Å². The third-order valence-corrected chi connectivity index (χ3v) is 16.8. The number of methoxy groups -OCH3 is 1. The molecule has 7 nitrogen and oxygen atoms in total. The number of nitrogens with one attached hydrogen (secondary N) is 1. The van der Waals surface area contributed by atoms with Crippen LogP contribution in [0.15, 0.2) is 48.6 Å². The van der Waals surface area contributed by atoms with Crippen LogP contribution >= 0.6 is 35.1 Å². The second kappa shape index (κ2) is 14.0. The van der Waals surface area contributed by atoms with Crippen LogP contribution in [0.25, 0.3) is 0 Å². The molecule has 11 heteroatoms. The predicted octanol–water partition coefficient (Wildman–Crippen LogP) is 7.61. The molecule has 5 atom stereocenters. The fourth-order valence-corrected chi connectivity index (χ4v) is 13.8. The van der Waals surface area contributed by atoms with Gasteiger partial charge < -0.3 is 14.4 Å². The Hall–Kier alpha value is -1.85. The standard InChI is InChI=1S/C37H47ClN2O5S3/c1-3-29-9-4-5-17-37(44-2,35-46-18-7-19-47-35)31-13-10-27(31)22-40-23-36(16-6-8-25-20-28(38)12-14-30(25)36)24-45-33-15-11-26(21-32(33)40)34(41)39-48(29,42)43/h5,11-12,14-15,17,20-21,27,29,31,35H,3-4,6-10,13,16,18-19,22-24H2,1-2H3,(H,39,41)/b17-5+/t27-,29+,31+,36-,37-/m0/s1. The van der Waals surface area contributed by atoms with E-state index in [1.165, 1.54) is 17.5 Å². The van der Waals surface area contributed by atoms with Gasteiger partial charge in [-0.2, -0.15) is 0 Å². The maximum absolute atomic E-state index is 13.6. The van der Waals surface area contributed by atoms with E-state index in [-0.39, 0.29) is 10.00 Å². The largest absolute Gasteiger partial charge is 0.490 e. The first-order valence-electron chi connectivity index (χ1n) is 17.5. The van der Waals surface area contributed by atoms with Gasteiger partial charge in [0.1, 0.15) is 11.4 Å². The number of rotatable bonds is 3. The van der Waals surface area contributed by atoms with Crippen molar-refractivity contribution in [3.8, 4) is 5.75 Å². The molecule has 2 fully saturated rings. The lowest BCUT2D eigenvalue weighted by Gasteiger charge is -2.53. The molecule has 2 bridgehead atoms. The zero-order chi connectivity index (χ0) is 33.5. The van der Waals surface area contributed by atoms with Gasteiger partial charge in [0.2, 0.25) is 10.0 Å². The number of hydrogen-bond acceptors (Lipinski definition) is 8. The first-order valence-corrected chi connectivity index (χ1v) is 21.5. The van der Waals surface area contributed by atoms with Crippen molar-refractivity contribution in [3.63, 3.8) is 0 Å². The quantitative estimate of drug-likeness (QED) is 0.323. The van der Waals surface area contributed by atoms with Gasteiger partial charge in [-0.05, 0) is 123 Å². The lowest BCUT2D eigenvalue weighted by atomic mass is 9.64. The van der Waals surface area contributed by atoms with Crippen molar-refractivity contribution in [2.24, 2.45) is 11.8 Å². The number of carbonyl (C=O) groups is 1. The lowest BCUT2D eigenvalue weighted by Crippen LogP contribution is -2.56. The van der Waals surface area contributed by atoms with Gasteiger partial charge in [-0.3, -0.25) is 4.79 Å². The van der Waals surface area contributed by atoms with Crippen LogP contribution in [0.3, 0.4) is 0 Å². The Morgan fingerprint density at radius 3 is 2.69 bits per heavy atom. The minimum Gasteiger partial charge on any atom is -0.490 e. The number of thioether (sulfide) groups is 2. The Balaban J connectivity index is 1.33. The Morgan fingerprint density at radius 2 is 1.94 bits per heavy atom. The first-order chi connectivity index (χ1) is 23.2. The topological polar surface area (TPSA) is 84.9 Å². The molecule has 1 N–H and O–H groups in total. The molecule has 3 aliphatic heterocycles. The third-order valence-electron chi connectivity index (χ3n) is 11.5. The zero-order valence-electron chi connectivity index (χ0n) is 27.9. The summed E-state index contributed by atoms with van der Waals surface area (Å²) in [7, 11) is -2.03. The van der Waals surface area contributed by atoms with Crippen LogP contribution in [0.4, 0.5) is 5.69 Å². The SMILES string of the molecule is CC[C@@H]1CC/C=C/[C@@](OC)(C2SCCCS2)[C@@H]2CC[C@H]2CN2C[C@@]3(CCCc4cc(Cl)ccc43)COc3ccc(cc32)C(=O)NS1(=O)=O. The molecule has 2 aliphatic carbocycles. The highest BCUT2D eigenvalue weighted by Crippen LogP contribution is 2.54. The van der Waals surface area contributed by atoms with E-state index in [2.05, 4.69) is 33.9 Å². The number of allylic oxidation sites excluding steroid dienone is 1. The molecule has 0 aromatic heterocycles. The highest BCUT2D eigenvalue weighted by Gasteiger charge is 2.53. The van der Waals surface area contributed by atoms with Gasteiger partial charge in [0.05, 0.1) is 22.1 Å². The average molecular weight is 731 g/mol. The molecule has 260 valence electrons. The van der Waals surface area contributed by atoms with Crippen molar-refractivity contribution in [2.45, 2.75) is 85.6 Å². The summed E-state index contributed by atoms with van der Waals surface area (Å²) < 4.78 is 43.1. The first kappa shape index (κ1) is 34.6. The van der Waals surface area contributed by atoms with Crippen LogP contribution in [0.5, 0.6) is 5.75 Å². The molecular weight excluding hydrogens is 684 g/mol. The third kappa shape index (κ3) is 6.42. The number of halogens is 1. The Morgan fingerprint density at radius 1 is 1.10 bits per heavy atom. The fraction of sp³-hybridized carbons (Fsp3) is 0.595. The Kier molecular flexibility index (Phi) is 10.1. The molecule has 1 amide bonds. The highest BCUT2D eigenvalue weighted by molar-refractivity contribution is 8.17. The van der Waals surface area contributed by atoms with E-state index in [4.69, 9.17) is 21.1 Å². The summed E-state index contributed by atoms with van der Waals surface area (Å²) in [5.74, 6) is 3.06. The second-order valence-electron chi connectivity index (χ2n) is 14.2. The summed E-state index contributed by atoms with van der Waals surface area (Å²) >= 11 is 10.5. The molecule has 5 aliphatic rings. The molecule has 0 radical (unpaired) electrons. The number of nitrogens with zero attached hydrogens (tertiary/aromatic N) is 1. The molecule has 1 saturated carbocycles. The molecule has 2 aromatic rings. The minimum atomic E-state index is -3.89. The minimum absolute atomic E-state index is 0.245. The van der Waals surface area contributed by atoms with Gasteiger partial charge in [-0.15, -0.1) is 23.5 Å². The summed E-state index contributed by atoms with van der Waals surface area (Å²) in [4.78, 5) is 16.0. The number of aryl methyl sites for hydroxylation is 1. The van der Waals surface area contributed by atoms with E-state index in [1.54, 1.807) is 6.07 Å². The number of hydrogen-bond donors (Lipinski definition) is 1. The fourth-order valence-electron chi connectivity index (χ4n) is 8.76. The van der Waals surface area contributed by atoms with E-state index in [9.17, 15) is 13.2 Å². The summed E-state index contributed by atoms with van der Waals surface area (Å²) in [5, 5.41) is 0.0792. The summed E-state index contributed by atoms with van der Waals surface area (Å²) in [6, 6.07) is 11.7. The summed E-state index contributed by atoms with van der Waals surface area (Å²) in [6.45, 7) is 3.93. The van der Waals surface area contributed by atoms with Crippen LogP contribution in [0.1, 0.15) is 79.8 Å². The Labute approximate surface area is 299 Å². The lowest BCUT2D eigenvalue weighted by molar-refractivity contribution is -0.0638. The molecule has 1 saturated heterocycles. The van der Waals surface area contributed by atoms with E-state index in [1.807, 2.05) is 55.8 Å². The predicted molar refractivity (Wildman–Crippen MR) is 198 cm³/mol. The van der Waals surface area contributed by atoms with Crippen LogP contribution in [-0.2, 0) is 26.6 Å². The number of amides is 1. The summed E-state index contributed by atoms with van der Waals surface area (Å²) in [5.41, 5.74) is 3.05. The van der Waals surface area contributed by atoms with Crippen LogP contribution < -0.4 is 14.4 Å². The van der Waals surface area contributed by atoms with Gasteiger partial charge in [0.15, 0.2) is 0 Å². The molecule has 2 aromatic carbocycles. The average Bonchev–Trinajstić information content (AvgIpc) is 3.22. The van der Waals surface area contributed by atoms with E-state index < -0.39 is 26.8 Å². The smallest absolute Gasteiger partial charge is 0.264 e. The number of sulfonamides is 1. The molecule has 0 unspecified atom stereocenters. The molecule has 1 spiro atoms. The number of benzene rings is 2. The number of ether oxygens (including phenoxy) is 2. The highest BCUT2D eigenvalue weighted by atomic mass is 35.5. The molecule has 3 heterocycles. The summed E-state index contributed by atoms with van der Waals surface area (Å²) in [6.07, 6.45) is 12.3. The zero-order valence-corrected chi connectivity index (χ0v) is 31.1. The molecular formula is C37H47ClN2O5S3. The van der Waals surface area contributed by atoms with E-state index in [0.717, 1.165) is 73.2 Å². The van der Waals surface area contributed by atoms with Crippen LogP contribution in [0, 0.1) is 11.8 Å². The second-order valence-corrected chi connectivity index (χ2v) is 19.3. The molecule has 48 heavy (non-hydrogen) atoms. The van der Waals surface area contributed by atoms with Crippen molar-refractivity contribution < 1.29 is 22.7 Å². The Bertz CT molecular complexity index is 1660. The molecule has 7 rings (SSSR count). The van der Waals surface area contributed by atoms with Gasteiger partial charge in [0, 0.05) is 36.2 Å². The van der Waals surface area contributed by atoms with Crippen molar-refractivity contribution in [2.75, 3.05) is 43.2 Å². The number of carbonyl (C=O) groups excluding carboxylic acids is 1. The van der Waals surface area contributed by atoms with Gasteiger partial charge in [-0.1, -0.05) is 36.7 Å². The van der Waals surface area contributed by atoms with Crippen molar-refractivity contribution in [1.82, 2.24) is 4.72 Å². The van der Waals surface area contributed by atoms with Gasteiger partial charge in [0.25, 0.3) is 5.91 Å². The number of fused-ring (bicyclic) bond motifs is 4. The van der Waals surface area contributed by atoms with E-state index in [0.29, 0.717) is 43.3 Å².